The van der Waals surface area contributed by atoms with Crippen LogP contribution in [0.25, 0.3) is 0 Å². The molecule has 0 unspecified atom stereocenters. The zero-order valence-corrected chi connectivity index (χ0v) is 17.2. The third kappa shape index (κ3) is 5.77. The molecular weight excluding hydrogens is 381 g/mol. The highest BCUT2D eigenvalue weighted by molar-refractivity contribution is 7.89. The lowest BCUT2D eigenvalue weighted by Gasteiger charge is -2.18. The summed E-state index contributed by atoms with van der Waals surface area (Å²) >= 11 is 0. The lowest BCUT2D eigenvalue weighted by atomic mass is 10.2. The van der Waals surface area contributed by atoms with Crippen LogP contribution in [0.3, 0.4) is 0 Å². The summed E-state index contributed by atoms with van der Waals surface area (Å²) < 4.78 is 39.0. The van der Waals surface area contributed by atoms with Gasteiger partial charge >= 0.3 is 0 Å². The molecule has 0 aliphatic rings. The van der Waals surface area contributed by atoms with E-state index in [0.29, 0.717) is 12.1 Å². The Morgan fingerprint density at radius 3 is 2.43 bits per heavy atom. The van der Waals surface area contributed by atoms with Gasteiger partial charge < -0.3 is 10.2 Å². The molecule has 0 atom stereocenters. The molecule has 0 saturated heterocycles. The third-order valence-corrected chi connectivity index (χ3v) is 6.31. The first-order chi connectivity index (χ1) is 13.2. The summed E-state index contributed by atoms with van der Waals surface area (Å²) in [5.41, 5.74) is 1.71. The number of benzene rings is 2. The third-order valence-electron chi connectivity index (χ3n) is 4.44. The summed E-state index contributed by atoms with van der Waals surface area (Å²) in [6, 6.07) is 12.2. The molecule has 0 spiro atoms. The van der Waals surface area contributed by atoms with Crippen LogP contribution in [0.15, 0.2) is 53.4 Å². The second-order valence-electron chi connectivity index (χ2n) is 6.50. The van der Waals surface area contributed by atoms with Crippen LogP contribution in [0, 0.1) is 5.82 Å². The van der Waals surface area contributed by atoms with Gasteiger partial charge in [0.05, 0.1) is 4.90 Å². The second-order valence-corrected chi connectivity index (χ2v) is 8.54. The van der Waals surface area contributed by atoms with Gasteiger partial charge in [0.15, 0.2) is 0 Å². The van der Waals surface area contributed by atoms with Crippen LogP contribution in [0.1, 0.15) is 19.8 Å². The zero-order chi connectivity index (χ0) is 20.7. The number of sulfonamides is 1. The number of carbonyl (C=O) groups excluding carboxylic acids is 1. The monoisotopic (exact) mass is 407 g/mol. The molecule has 0 heterocycles. The summed E-state index contributed by atoms with van der Waals surface area (Å²) in [6.45, 7) is 3.08. The molecule has 0 saturated carbocycles. The first kappa shape index (κ1) is 21.8. The maximum atomic E-state index is 13.0. The van der Waals surface area contributed by atoms with Gasteiger partial charge in [0.2, 0.25) is 15.9 Å². The summed E-state index contributed by atoms with van der Waals surface area (Å²) in [7, 11) is -0.286. The van der Waals surface area contributed by atoms with Crippen molar-refractivity contribution in [2.24, 2.45) is 0 Å². The van der Waals surface area contributed by atoms with E-state index in [9.17, 15) is 17.6 Å². The number of carbonyl (C=O) groups is 1. The predicted molar refractivity (Wildman–Crippen MR) is 109 cm³/mol. The van der Waals surface area contributed by atoms with Gasteiger partial charge in [-0.25, -0.2) is 17.1 Å². The molecule has 152 valence electrons. The van der Waals surface area contributed by atoms with Crippen LogP contribution in [-0.2, 0) is 14.8 Å². The molecule has 0 radical (unpaired) electrons. The highest BCUT2D eigenvalue weighted by atomic mass is 32.2. The van der Waals surface area contributed by atoms with Crippen molar-refractivity contribution in [1.82, 2.24) is 4.31 Å². The summed E-state index contributed by atoms with van der Waals surface area (Å²) in [5.74, 6) is -0.670. The Bertz CT molecular complexity index is 901. The van der Waals surface area contributed by atoms with Crippen molar-refractivity contribution in [2.75, 3.05) is 37.4 Å². The lowest BCUT2D eigenvalue weighted by Crippen LogP contribution is -2.28. The molecule has 0 bridgehead atoms. The second kappa shape index (κ2) is 9.66. The smallest absolute Gasteiger partial charge is 0.242 e. The van der Waals surface area contributed by atoms with Crippen molar-refractivity contribution in [3.63, 3.8) is 0 Å². The minimum atomic E-state index is -3.70. The Balaban J connectivity index is 1.87. The molecule has 0 aromatic heterocycles. The van der Waals surface area contributed by atoms with E-state index >= 15 is 0 Å². The van der Waals surface area contributed by atoms with Crippen LogP contribution < -0.4 is 10.2 Å². The Morgan fingerprint density at radius 1 is 1.11 bits per heavy atom. The molecule has 1 N–H and O–H groups in total. The Hall–Kier alpha value is -2.45. The molecule has 6 nitrogen and oxygen atoms in total. The van der Waals surface area contributed by atoms with Crippen molar-refractivity contribution in [2.45, 2.75) is 24.7 Å². The molecule has 0 fully saturated rings. The number of nitrogens with zero attached hydrogens (tertiary/aromatic N) is 2. The molecule has 2 aromatic carbocycles. The predicted octanol–water partition coefficient (Wildman–Crippen LogP) is 3.32. The first-order valence-electron chi connectivity index (χ1n) is 9.07. The fourth-order valence-corrected chi connectivity index (χ4v) is 3.81. The molecule has 8 heteroatoms. The Kier molecular flexibility index (Phi) is 7.53. The molecule has 28 heavy (non-hydrogen) atoms. The fraction of sp³-hybridized carbons (Fsp3) is 0.350. The van der Waals surface area contributed by atoms with Crippen LogP contribution in [0.5, 0.6) is 0 Å². The molecule has 2 aromatic rings. The number of rotatable bonds is 9. The number of amides is 1. The summed E-state index contributed by atoms with van der Waals surface area (Å²) in [4.78, 5) is 14.3. The van der Waals surface area contributed by atoms with E-state index < -0.39 is 15.8 Å². The minimum absolute atomic E-state index is 0.0257. The lowest BCUT2D eigenvalue weighted by molar-refractivity contribution is -0.116. The SMILES string of the molecule is CCN(C)c1cccc(NC(=O)CCCN(C)S(=O)(=O)c2ccc(F)cc2)c1. The maximum Gasteiger partial charge on any atom is 0.242 e. The number of nitrogens with one attached hydrogen (secondary N) is 1. The van der Waals surface area contributed by atoms with Gasteiger partial charge in [0.1, 0.15) is 5.82 Å². The van der Waals surface area contributed by atoms with Gasteiger partial charge in [-0.05, 0) is 55.8 Å². The zero-order valence-electron chi connectivity index (χ0n) is 16.4. The number of hydrogen-bond acceptors (Lipinski definition) is 4. The largest absolute Gasteiger partial charge is 0.375 e. The highest BCUT2D eigenvalue weighted by Crippen LogP contribution is 2.19. The molecule has 0 aliphatic heterocycles. The Labute approximate surface area is 166 Å². The van der Waals surface area contributed by atoms with Crippen LogP contribution in [0.4, 0.5) is 15.8 Å². The van der Waals surface area contributed by atoms with E-state index in [1.807, 2.05) is 38.2 Å². The first-order valence-corrected chi connectivity index (χ1v) is 10.5. The maximum absolute atomic E-state index is 13.0. The molecule has 0 aliphatic carbocycles. The van der Waals surface area contributed by atoms with Crippen molar-refractivity contribution >= 4 is 27.3 Å². The van der Waals surface area contributed by atoms with Gasteiger partial charge in [-0.15, -0.1) is 0 Å². The van der Waals surface area contributed by atoms with Crippen molar-refractivity contribution < 1.29 is 17.6 Å². The van der Waals surface area contributed by atoms with Crippen LogP contribution >= 0.6 is 0 Å². The van der Waals surface area contributed by atoms with E-state index in [-0.39, 0.29) is 23.8 Å². The minimum Gasteiger partial charge on any atom is -0.375 e. The average molecular weight is 408 g/mol. The van der Waals surface area contributed by atoms with E-state index in [2.05, 4.69) is 10.2 Å². The quantitative estimate of drug-likeness (QED) is 0.692. The highest BCUT2D eigenvalue weighted by Gasteiger charge is 2.20. The number of halogens is 1. The van der Waals surface area contributed by atoms with Crippen LogP contribution in [0.2, 0.25) is 0 Å². The average Bonchev–Trinajstić information content (AvgIpc) is 2.67. The van der Waals surface area contributed by atoms with Gasteiger partial charge in [0.25, 0.3) is 0 Å². The van der Waals surface area contributed by atoms with E-state index in [0.717, 1.165) is 24.4 Å². The van der Waals surface area contributed by atoms with Crippen molar-refractivity contribution in [3.8, 4) is 0 Å². The normalized spacial score (nSPS) is 11.5. The van der Waals surface area contributed by atoms with Gasteiger partial charge in [-0.1, -0.05) is 6.07 Å². The van der Waals surface area contributed by atoms with Gasteiger partial charge in [-0.3, -0.25) is 4.79 Å². The fourth-order valence-electron chi connectivity index (χ4n) is 2.60. The van der Waals surface area contributed by atoms with E-state index in [1.165, 1.54) is 23.5 Å². The molecule has 1 amide bonds. The van der Waals surface area contributed by atoms with Gasteiger partial charge in [-0.2, -0.15) is 0 Å². The summed E-state index contributed by atoms with van der Waals surface area (Å²) in [5, 5.41) is 2.84. The van der Waals surface area contributed by atoms with Crippen molar-refractivity contribution in [3.05, 3.63) is 54.3 Å². The number of anilines is 2. The molecular formula is C20H26FN3O3S. The van der Waals surface area contributed by atoms with Crippen LogP contribution in [-0.4, -0.2) is 45.8 Å². The van der Waals surface area contributed by atoms with E-state index in [4.69, 9.17) is 0 Å². The van der Waals surface area contributed by atoms with Gasteiger partial charge in [0, 0.05) is 45.0 Å². The molecule has 2 rings (SSSR count). The number of hydrogen-bond donors (Lipinski definition) is 1. The standard InChI is InChI=1S/C20H26FN3O3S/c1-4-23(2)18-8-5-7-17(15-18)22-20(25)9-6-14-24(3)28(26,27)19-12-10-16(21)11-13-19/h5,7-8,10-13,15H,4,6,9,14H2,1-3H3,(H,22,25). The topological polar surface area (TPSA) is 69.7 Å². The Morgan fingerprint density at radius 2 is 1.79 bits per heavy atom. The van der Waals surface area contributed by atoms with Crippen molar-refractivity contribution in [1.29, 1.82) is 0 Å². The summed E-state index contributed by atoms with van der Waals surface area (Å²) in [6.07, 6.45) is 0.564. The van der Waals surface area contributed by atoms with E-state index in [1.54, 1.807) is 0 Å².